The first-order chi connectivity index (χ1) is 12.6. The number of pyridine rings is 2. The molecule has 0 saturated carbocycles. The molecule has 10 heteroatoms. The zero-order valence-electron chi connectivity index (χ0n) is 13.8. The summed E-state index contributed by atoms with van der Waals surface area (Å²) in [6, 6.07) is 6.60. The number of aromatic nitrogens is 2. The van der Waals surface area contributed by atoms with Gasteiger partial charge in [0.25, 0.3) is 11.8 Å². The molecule has 2 aromatic rings. The van der Waals surface area contributed by atoms with Crippen LogP contribution in [0.1, 0.15) is 35.6 Å². The Bertz CT molecular complexity index is 782. The quantitative estimate of drug-likeness (QED) is 0.588. The van der Waals surface area contributed by atoms with Gasteiger partial charge in [-0.2, -0.15) is 0 Å². The van der Waals surface area contributed by atoms with Crippen LogP contribution in [0.25, 0.3) is 0 Å². The molecule has 2 aliphatic rings. The maximum absolute atomic E-state index is 12.2. The first-order valence-corrected chi connectivity index (χ1v) is 9.34. The van der Waals surface area contributed by atoms with Crippen molar-refractivity contribution < 1.29 is 23.8 Å². The predicted molar refractivity (Wildman–Crippen MR) is 92.1 cm³/mol. The number of rotatable bonds is 4. The topological polar surface area (TPSA) is 126 Å². The van der Waals surface area contributed by atoms with E-state index in [0.717, 1.165) is 11.3 Å². The van der Waals surface area contributed by atoms with Gasteiger partial charge in [-0.15, -0.1) is 0 Å². The third-order valence-corrected chi connectivity index (χ3v) is 4.91. The number of hydrogen-bond acceptors (Lipinski definition) is 9. The number of nitrogens with one attached hydrogen (secondary N) is 2. The van der Waals surface area contributed by atoms with Crippen molar-refractivity contribution in [3.05, 3.63) is 41.2 Å². The summed E-state index contributed by atoms with van der Waals surface area (Å²) in [6.45, 7) is 1.68. The summed E-state index contributed by atoms with van der Waals surface area (Å²) in [5.74, 6) is 0.195. The van der Waals surface area contributed by atoms with Gasteiger partial charge >= 0.3 is 8.25 Å². The summed E-state index contributed by atoms with van der Waals surface area (Å²) in [5, 5.41) is 26.2. The molecule has 4 rings (SSSR count). The van der Waals surface area contributed by atoms with Gasteiger partial charge in [0, 0.05) is 36.3 Å². The van der Waals surface area contributed by atoms with Gasteiger partial charge in [-0.1, -0.05) is 6.07 Å². The standard InChI is InChI=1S/C16H18N4O5P/c21-11-5-6-18-10-2-4-14(20-16(10)11)25-26(23)24-13-3-1-9-7-17-8-12(22)15(9)19-13/h1-4,11-12,17-18,21-22H,5-8H2/q+1. The second kappa shape index (κ2) is 7.13. The molecule has 26 heavy (non-hydrogen) atoms. The van der Waals surface area contributed by atoms with E-state index in [-0.39, 0.29) is 11.8 Å². The maximum atomic E-state index is 12.2. The van der Waals surface area contributed by atoms with Crippen LogP contribution in [-0.4, -0.2) is 33.3 Å². The minimum absolute atomic E-state index is 0.0924. The summed E-state index contributed by atoms with van der Waals surface area (Å²) < 4.78 is 22.6. The molecular formula is C16H18N4O5P+. The van der Waals surface area contributed by atoms with Crippen LogP contribution in [0.15, 0.2) is 24.3 Å². The maximum Gasteiger partial charge on any atom is 0.808 e. The van der Waals surface area contributed by atoms with E-state index in [1.165, 1.54) is 0 Å². The van der Waals surface area contributed by atoms with Crippen LogP contribution in [0, 0.1) is 0 Å². The van der Waals surface area contributed by atoms with Gasteiger partial charge in [-0.05, 0) is 18.1 Å². The molecule has 3 unspecified atom stereocenters. The van der Waals surface area contributed by atoms with Crippen molar-refractivity contribution in [3.63, 3.8) is 0 Å². The first kappa shape index (κ1) is 17.1. The Kier molecular flexibility index (Phi) is 4.69. The molecule has 136 valence electrons. The molecule has 0 aromatic carbocycles. The second-order valence-electron chi connectivity index (χ2n) is 6.06. The highest BCUT2D eigenvalue weighted by molar-refractivity contribution is 7.34. The SMILES string of the molecule is O=[P+](Oc1ccc2c(n1)C(O)CNC2)Oc1ccc2c(n1)C(O)CCN2. The smallest absolute Gasteiger partial charge is 0.387 e. The third-order valence-electron chi connectivity index (χ3n) is 4.24. The van der Waals surface area contributed by atoms with Crippen molar-refractivity contribution in [2.75, 3.05) is 18.4 Å². The van der Waals surface area contributed by atoms with Crippen molar-refractivity contribution >= 4 is 13.9 Å². The highest BCUT2D eigenvalue weighted by Crippen LogP contribution is 2.34. The lowest BCUT2D eigenvalue weighted by atomic mass is 10.1. The lowest BCUT2D eigenvalue weighted by Gasteiger charge is -2.21. The van der Waals surface area contributed by atoms with Gasteiger partial charge in [0.2, 0.25) is 0 Å². The molecule has 0 amide bonds. The number of aliphatic hydroxyl groups is 2. The molecule has 0 aliphatic carbocycles. The molecule has 4 heterocycles. The zero-order valence-corrected chi connectivity index (χ0v) is 14.6. The molecule has 9 nitrogen and oxygen atoms in total. The predicted octanol–water partition coefficient (Wildman–Crippen LogP) is 1.58. The van der Waals surface area contributed by atoms with Crippen LogP contribution in [0.4, 0.5) is 5.69 Å². The summed E-state index contributed by atoms with van der Waals surface area (Å²) in [6.07, 6.45) is -0.883. The van der Waals surface area contributed by atoms with Crippen LogP contribution >= 0.6 is 8.25 Å². The molecule has 0 fully saturated rings. The monoisotopic (exact) mass is 377 g/mol. The van der Waals surface area contributed by atoms with Gasteiger partial charge in [0.1, 0.15) is 6.10 Å². The minimum Gasteiger partial charge on any atom is -0.387 e. The second-order valence-corrected chi connectivity index (χ2v) is 6.87. The molecule has 0 radical (unpaired) electrons. The van der Waals surface area contributed by atoms with Gasteiger partial charge in [-0.3, -0.25) is 0 Å². The van der Waals surface area contributed by atoms with Gasteiger partial charge in [0.05, 0.1) is 23.2 Å². The molecule has 2 aromatic heterocycles. The number of fused-ring (bicyclic) bond motifs is 2. The summed E-state index contributed by atoms with van der Waals surface area (Å²) in [5.41, 5.74) is 2.56. The Morgan fingerprint density at radius 2 is 1.77 bits per heavy atom. The van der Waals surface area contributed by atoms with Crippen LogP contribution < -0.4 is 19.7 Å². The largest absolute Gasteiger partial charge is 0.808 e. The number of hydrogen-bond donors (Lipinski definition) is 4. The number of anilines is 1. The molecule has 3 atom stereocenters. The van der Waals surface area contributed by atoms with Crippen LogP contribution in [-0.2, 0) is 11.1 Å². The van der Waals surface area contributed by atoms with E-state index in [9.17, 15) is 14.8 Å². The fourth-order valence-electron chi connectivity index (χ4n) is 2.98. The Hall–Kier alpha value is -2.32. The Labute approximate surface area is 150 Å². The van der Waals surface area contributed by atoms with Crippen LogP contribution in [0.3, 0.4) is 0 Å². The van der Waals surface area contributed by atoms with E-state index < -0.39 is 20.5 Å². The van der Waals surface area contributed by atoms with Crippen molar-refractivity contribution in [2.45, 2.75) is 25.2 Å². The van der Waals surface area contributed by atoms with Gasteiger partial charge in [0.15, 0.2) is 0 Å². The van der Waals surface area contributed by atoms with E-state index >= 15 is 0 Å². The molecule has 2 aliphatic heterocycles. The zero-order chi connectivity index (χ0) is 18.1. The molecule has 0 bridgehead atoms. The Balaban J connectivity index is 1.46. The number of nitrogens with zero attached hydrogens (tertiary/aromatic N) is 2. The summed E-state index contributed by atoms with van der Waals surface area (Å²) >= 11 is 0. The van der Waals surface area contributed by atoms with Crippen molar-refractivity contribution in [1.82, 2.24) is 15.3 Å². The van der Waals surface area contributed by atoms with E-state index in [1.807, 2.05) is 0 Å². The fourth-order valence-corrected chi connectivity index (χ4v) is 3.52. The van der Waals surface area contributed by atoms with Gasteiger partial charge in [-0.25, -0.2) is 19.0 Å². The highest BCUT2D eigenvalue weighted by atomic mass is 31.1. The molecule has 0 spiro atoms. The van der Waals surface area contributed by atoms with Crippen molar-refractivity contribution in [1.29, 1.82) is 0 Å². The Morgan fingerprint density at radius 3 is 2.58 bits per heavy atom. The average Bonchev–Trinajstić information content (AvgIpc) is 2.63. The fraction of sp³-hybridized carbons (Fsp3) is 0.375. The van der Waals surface area contributed by atoms with E-state index in [4.69, 9.17) is 9.05 Å². The number of β-amino-alcohol motifs (C(OH)–C–C–N with tert-alkyl or cyclic N) is 1. The van der Waals surface area contributed by atoms with Crippen LogP contribution in [0.2, 0.25) is 0 Å². The lowest BCUT2D eigenvalue weighted by Crippen LogP contribution is -2.28. The summed E-state index contributed by atoms with van der Waals surface area (Å²) in [4.78, 5) is 8.40. The van der Waals surface area contributed by atoms with Gasteiger partial charge < -0.3 is 20.8 Å². The Morgan fingerprint density at radius 1 is 1.04 bits per heavy atom. The molecule has 4 N–H and O–H groups in total. The van der Waals surface area contributed by atoms with Crippen LogP contribution in [0.5, 0.6) is 11.8 Å². The van der Waals surface area contributed by atoms with E-state index in [1.54, 1.807) is 24.3 Å². The minimum atomic E-state index is -2.56. The highest BCUT2D eigenvalue weighted by Gasteiger charge is 2.29. The van der Waals surface area contributed by atoms with E-state index in [2.05, 4.69) is 20.6 Å². The van der Waals surface area contributed by atoms with E-state index in [0.29, 0.717) is 37.4 Å². The lowest BCUT2D eigenvalue weighted by molar-refractivity contribution is 0.159. The molecular weight excluding hydrogens is 359 g/mol. The number of aliphatic hydroxyl groups excluding tert-OH is 2. The molecule has 0 saturated heterocycles. The van der Waals surface area contributed by atoms with Crippen molar-refractivity contribution in [2.24, 2.45) is 0 Å². The summed E-state index contributed by atoms with van der Waals surface area (Å²) in [7, 11) is -2.56. The first-order valence-electron chi connectivity index (χ1n) is 8.25. The van der Waals surface area contributed by atoms with Crippen molar-refractivity contribution in [3.8, 4) is 11.8 Å². The third kappa shape index (κ3) is 3.47. The average molecular weight is 377 g/mol. The normalized spacial score (nSPS) is 21.8.